The summed E-state index contributed by atoms with van der Waals surface area (Å²) in [6.07, 6.45) is 2.72. The van der Waals surface area contributed by atoms with E-state index < -0.39 is 11.6 Å². The molecule has 1 aliphatic rings. The number of fused-ring (bicyclic) bond motifs is 1. The average Bonchev–Trinajstić information content (AvgIpc) is 3.24. The molecule has 24 heavy (non-hydrogen) atoms. The Morgan fingerprint density at radius 3 is 2.83 bits per heavy atom. The average molecular weight is 348 g/mol. The van der Waals surface area contributed by atoms with Crippen LogP contribution < -0.4 is 5.32 Å². The Morgan fingerprint density at radius 2 is 2.08 bits per heavy atom. The third-order valence-electron chi connectivity index (χ3n) is 4.10. The topological polar surface area (TPSA) is 68.5 Å². The summed E-state index contributed by atoms with van der Waals surface area (Å²) in [5, 5.41) is 12.0. The number of hydrogen-bond acceptors (Lipinski definition) is 6. The summed E-state index contributed by atoms with van der Waals surface area (Å²) in [5.74, 6) is -0.904. The molecule has 0 amide bonds. The van der Waals surface area contributed by atoms with Crippen LogP contribution in [-0.2, 0) is 7.05 Å². The number of halogens is 2. The second-order valence-electron chi connectivity index (χ2n) is 5.71. The number of thioether (sulfide) groups is 1. The van der Waals surface area contributed by atoms with Gasteiger partial charge in [-0.05, 0) is 30.4 Å². The molecule has 4 rings (SSSR count). The van der Waals surface area contributed by atoms with Gasteiger partial charge in [0, 0.05) is 19.0 Å². The molecule has 6 nitrogen and oxygen atoms in total. The number of hydrogen-bond donors (Lipinski definition) is 1. The summed E-state index contributed by atoms with van der Waals surface area (Å²) >= 11 is 1.44. The third-order valence-corrected chi connectivity index (χ3v) is 4.65. The lowest BCUT2D eigenvalue weighted by Gasteiger charge is -2.07. The van der Waals surface area contributed by atoms with Crippen molar-refractivity contribution in [3.63, 3.8) is 0 Å². The fourth-order valence-corrected chi connectivity index (χ4v) is 3.09. The molecule has 1 fully saturated rings. The summed E-state index contributed by atoms with van der Waals surface area (Å²) in [4.78, 5) is 8.86. The molecule has 0 aliphatic heterocycles. The summed E-state index contributed by atoms with van der Waals surface area (Å²) in [5.41, 5.74) is 2.04. The van der Waals surface area contributed by atoms with Crippen molar-refractivity contribution in [3.8, 4) is 0 Å². The van der Waals surface area contributed by atoms with E-state index in [9.17, 15) is 8.78 Å². The van der Waals surface area contributed by atoms with Crippen molar-refractivity contribution in [3.05, 3.63) is 35.4 Å². The van der Waals surface area contributed by atoms with Gasteiger partial charge >= 0.3 is 0 Å². The molecule has 1 N–H and O–H groups in total. The minimum Gasteiger partial charge on any atom is -0.365 e. The van der Waals surface area contributed by atoms with Crippen LogP contribution in [0.5, 0.6) is 0 Å². The predicted octanol–water partition coefficient (Wildman–Crippen LogP) is 2.73. The first-order valence-electron chi connectivity index (χ1n) is 7.39. The molecular weight excluding hydrogens is 334 g/mol. The van der Waals surface area contributed by atoms with Crippen LogP contribution in [0.4, 0.5) is 14.6 Å². The highest BCUT2D eigenvalue weighted by Gasteiger charge is 2.39. The maximum atomic E-state index is 13.4. The molecule has 0 spiro atoms. The minimum atomic E-state index is -0.828. The van der Waals surface area contributed by atoms with Crippen LogP contribution in [0.25, 0.3) is 11.2 Å². The predicted molar refractivity (Wildman–Crippen MR) is 87.0 cm³/mol. The molecule has 2 atom stereocenters. The van der Waals surface area contributed by atoms with Gasteiger partial charge in [-0.15, -0.1) is 5.10 Å². The Kier molecular flexibility index (Phi) is 3.60. The Labute approximate surface area is 140 Å². The van der Waals surface area contributed by atoms with Gasteiger partial charge in [-0.1, -0.05) is 23.0 Å². The number of aryl methyl sites for hydroxylation is 1. The normalized spacial score (nSPS) is 19.7. The molecule has 0 bridgehead atoms. The molecule has 2 heterocycles. The van der Waals surface area contributed by atoms with Gasteiger partial charge in [0.15, 0.2) is 33.8 Å². The highest BCUT2D eigenvalue weighted by molar-refractivity contribution is 7.98. The summed E-state index contributed by atoms with van der Waals surface area (Å²) in [6, 6.07) is 4.14. The fourth-order valence-electron chi connectivity index (χ4n) is 2.73. The third kappa shape index (κ3) is 2.58. The second kappa shape index (κ2) is 5.66. The van der Waals surface area contributed by atoms with Gasteiger partial charge in [0.1, 0.15) is 0 Å². The van der Waals surface area contributed by atoms with Crippen molar-refractivity contribution in [1.29, 1.82) is 0 Å². The van der Waals surface area contributed by atoms with Crippen LogP contribution in [-0.4, -0.2) is 37.3 Å². The van der Waals surface area contributed by atoms with Gasteiger partial charge in [0.2, 0.25) is 0 Å². The van der Waals surface area contributed by atoms with Crippen molar-refractivity contribution >= 4 is 28.7 Å². The van der Waals surface area contributed by atoms with E-state index in [1.165, 1.54) is 17.8 Å². The number of rotatable bonds is 4. The Balaban J connectivity index is 1.60. The molecule has 9 heteroatoms. The maximum absolute atomic E-state index is 13.4. The van der Waals surface area contributed by atoms with E-state index in [0.29, 0.717) is 22.1 Å². The number of benzene rings is 1. The largest absolute Gasteiger partial charge is 0.365 e. The highest BCUT2D eigenvalue weighted by atomic mass is 32.2. The van der Waals surface area contributed by atoms with Crippen molar-refractivity contribution in [1.82, 2.24) is 25.0 Å². The van der Waals surface area contributed by atoms with Gasteiger partial charge in [-0.25, -0.2) is 23.4 Å². The second-order valence-corrected chi connectivity index (χ2v) is 6.48. The summed E-state index contributed by atoms with van der Waals surface area (Å²) in [6.45, 7) is 0. The quantitative estimate of drug-likeness (QED) is 0.578. The van der Waals surface area contributed by atoms with E-state index in [0.717, 1.165) is 18.1 Å². The minimum absolute atomic E-state index is 0.102. The van der Waals surface area contributed by atoms with E-state index in [2.05, 4.69) is 25.6 Å². The smallest absolute Gasteiger partial charge is 0.191 e. The lowest BCUT2D eigenvalue weighted by Crippen LogP contribution is -2.08. The molecule has 124 valence electrons. The molecule has 1 aliphatic carbocycles. The molecule has 0 saturated heterocycles. The zero-order valence-electron chi connectivity index (χ0n) is 13.0. The molecule has 0 unspecified atom stereocenters. The highest BCUT2D eigenvalue weighted by Crippen LogP contribution is 2.43. The maximum Gasteiger partial charge on any atom is 0.191 e. The van der Waals surface area contributed by atoms with Gasteiger partial charge in [0.05, 0.1) is 0 Å². The van der Waals surface area contributed by atoms with Crippen LogP contribution in [0.3, 0.4) is 0 Å². The van der Waals surface area contributed by atoms with E-state index in [4.69, 9.17) is 0 Å². The van der Waals surface area contributed by atoms with Crippen molar-refractivity contribution < 1.29 is 8.78 Å². The Hall–Kier alpha value is -2.29. The molecule has 0 radical (unpaired) electrons. The van der Waals surface area contributed by atoms with E-state index in [1.54, 1.807) is 17.8 Å². The Morgan fingerprint density at radius 1 is 1.25 bits per heavy atom. The van der Waals surface area contributed by atoms with Gasteiger partial charge < -0.3 is 5.32 Å². The van der Waals surface area contributed by atoms with Gasteiger partial charge in [0.25, 0.3) is 0 Å². The van der Waals surface area contributed by atoms with Crippen molar-refractivity contribution in [2.45, 2.75) is 23.5 Å². The summed E-state index contributed by atoms with van der Waals surface area (Å²) in [7, 11) is 1.78. The van der Waals surface area contributed by atoms with Crippen LogP contribution >= 0.6 is 11.8 Å². The zero-order chi connectivity index (χ0) is 16.8. The van der Waals surface area contributed by atoms with E-state index >= 15 is 0 Å². The van der Waals surface area contributed by atoms with Crippen LogP contribution in [0, 0.1) is 11.6 Å². The summed E-state index contributed by atoms with van der Waals surface area (Å²) < 4.78 is 28.0. The van der Waals surface area contributed by atoms with E-state index in [-0.39, 0.29) is 12.0 Å². The lowest BCUT2D eigenvalue weighted by molar-refractivity contribution is 0.507. The SMILES string of the molecule is CSc1nc(N[C@@H]2C[C@H]2c2ccc(F)c(F)c2)c2nnn(C)c2n1. The molecule has 1 aromatic carbocycles. The first kappa shape index (κ1) is 15.3. The van der Waals surface area contributed by atoms with Crippen LogP contribution in [0.1, 0.15) is 17.9 Å². The van der Waals surface area contributed by atoms with Crippen molar-refractivity contribution in [2.24, 2.45) is 7.05 Å². The van der Waals surface area contributed by atoms with Gasteiger partial charge in [-0.2, -0.15) is 0 Å². The Bertz CT molecular complexity index is 928. The monoisotopic (exact) mass is 348 g/mol. The molecule has 2 aromatic heterocycles. The first-order valence-corrected chi connectivity index (χ1v) is 8.62. The zero-order valence-corrected chi connectivity index (χ0v) is 13.8. The number of aromatic nitrogens is 5. The van der Waals surface area contributed by atoms with E-state index in [1.807, 2.05) is 6.26 Å². The standard InChI is InChI=1S/C15H14F2N6S/c1-23-14-12(21-22-23)13(19-15(20-14)24-2)18-11-6-8(11)7-3-4-9(16)10(17)5-7/h3-5,8,11H,6H2,1-2H3,(H,18,19,20)/t8-,11+/m0/s1. The molecule has 1 saturated carbocycles. The number of nitrogens with one attached hydrogen (secondary N) is 1. The number of nitrogens with zero attached hydrogens (tertiary/aromatic N) is 5. The van der Waals surface area contributed by atoms with Crippen molar-refractivity contribution in [2.75, 3.05) is 11.6 Å². The first-order chi connectivity index (χ1) is 11.6. The fraction of sp³-hybridized carbons (Fsp3) is 0.333. The number of anilines is 1. The van der Waals surface area contributed by atoms with Crippen LogP contribution in [0.2, 0.25) is 0 Å². The van der Waals surface area contributed by atoms with Crippen LogP contribution in [0.15, 0.2) is 23.4 Å². The lowest BCUT2D eigenvalue weighted by atomic mass is 10.1. The molecule has 3 aromatic rings. The molecular formula is C15H14F2N6S. The van der Waals surface area contributed by atoms with Gasteiger partial charge in [-0.3, -0.25) is 0 Å².